The first kappa shape index (κ1) is 36.9. The van der Waals surface area contributed by atoms with Crippen molar-refractivity contribution in [2.45, 2.75) is 138 Å². The highest BCUT2D eigenvalue weighted by atomic mass is 16.5. The van der Waals surface area contributed by atoms with Crippen molar-refractivity contribution < 1.29 is 14.2 Å². The number of hydrogen-bond acceptors (Lipinski definition) is 3. The van der Waals surface area contributed by atoms with Gasteiger partial charge in [0.05, 0.1) is 31.3 Å². The van der Waals surface area contributed by atoms with Crippen LogP contribution in [0.25, 0.3) is 11.1 Å². The Morgan fingerprint density at radius 2 is 1.38 bits per heavy atom. The van der Waals surface area contributed by atoms with Gasteiger partial charge in [0.1, 0.15) is 6.10 Å². The second-order valence-electron chi connectivity index (χ2n) is 15.5. The van der Waals surface area contributed by atoms with Crippen LogP contribution in [0.3, 0.4) is 0 Å². The fraction of sp³-hybridized carbons (Fsp3) is 0.619. The lowest BCUT2D eigenvalue weighted by Gasteiger charge is -2.40. The van der Waals surface area contributed by atoms with Crippen LogP contribution in [0.15, 0.2) is 73.2 Å². The second kappa shape index (κ2) is 18.0. The zero-order chi connectivity index (χ0) is 32.9. The highest BCUT2D eigenvalue weighted by Gasteiger charge is 2.35. The molecule has 3 nitrogen and oxygen atoms in total. The van der Waals surface area contributed by atoms with Gasteiger partial charge in [-0.2, -0.15) is 0 Å². The van der Waals surface area contributed by atoms with E-state index in [9.17, 15) is 0 Å². The van der Waals surface area contributed by atoms with E-state index in [2.05, 4.69) is 111 Å². The van der Waals surface area contributed by atoms with Crippen LogP contribution in [0.1, 0.15) is 131 Å². The topological polar surface area (TPSA) is 27.7 Å². The van der Waals surface area contributed by atoms with Gasteiger partial charge in [-0.25, -0.2) is 0 Å². The fourth-order valence-corrected chi connectivity index (χ4v) is 6.99. The third-order valence-corrected chi connectivity index (χ3v) is 10.0. The van der Waals surface area contributed by atoms with Crippen LogP contribution < -0.4 is 0 Å². The normalized spacial score (nSPS) is 23.7. The van der Waals surface area contributed by atoms with Gasteiger partial charge in [-0.05, 0) is 104 Å². The molecule has 45 heavy (non-hydrogen) atoms. The zero-order valence-corrected chi connectivity index (χ0v) is 30.1. The van der Waals surface area contributed by atoms with Crippen molar-refractivity contribution in [2.24, 2.45) is 22.7 Å². The van der Waals surface area contributed by atoms with Crippen LogP contribution in [-0.2, 0) is 14.2 Å². The number of allylic oxidation sites excluding steroid dienone is 2. The van der Waals surface area contributed by atoms with Crippen molar-refractivity contribution in [1.29, 1.82) is 0 Å². The van der Waals surface area contributed by atoms with E-state index in [1.807, 2.05) is 24.7 Å². The zero-order valence-electron chi connectivity index (χ0n) is 30.1. The first-order valence-corrected chi connectivity index (χ1v) is 17.8. The van der Waals surface area contributed by atoms with Gasteiger partial charge in [-0.15, -0.1) is 0 Å². The predicted molar refractivity (Wildman–Crippen MR) is 193 cm³/mol. The molecule has 0 radical (unpaired) electrons. The molecular weight excluding hydrogens is 552 g/mol. The second-order valence-corrected chi connectivity index (χ2v) is 15.5. The van der Waals surface area contributed by atoms with E-state index in [1.165, 1.54) is 68.1 Å². The summed E-state index contributed by atoms with van der Waals surface area (Å²) in [6.07, 6.45) is 16.0. The largest absolute Gasteiger partial charge is 0.498 e. The number of benzene rings is 2. The minimum absolute atomic E-state index is 0.126. The van der Waals surface area contributed by atoms with E-state index >= 15 is 0 Å². The third kappa shape index (κ3) is 12.7. The number of hydrogen-bond donors (Lipinski definition) is 0. The van der Waals surface area contributed by atoms with Gasteiger partial charge in [-0.1, -0.05) is 121 Å². The summed E-state index contributed by atoms with van der Waals surface area (Å²) in [5, 5.41) is 0. The lowest BCUT2D eigenvalue weighted by Crippen LogP contribution is -2.38. The summed E-state index contributed by atoms with van der Waals surface area (Å²) >= 11 is 0. The van der Waals surface area contributed by atoms with Gasteiger partial charge in [-0.3, -0.25) is 0 Å². The molecule has 2 aromatic carbocycles. The molecule has 0 aliphatic heterocycles. The molecule has 5 unspecified atom stereocenters. The van der Waals surface area contributed by atoms with Gasteiger partial charge in [0.25, 0.3) is 0 Å². The molecular formula is C42H64O3. The van der Waals surface area contributed by atoms with Crippen LogP contribution in [0.2, 0.25) is 0 Å². The Labute approximate surface area is 276 Å². The maximum absolute atomic E-state index is 6.36. The minimum Gasteiger partial charge on any atom is -0.498 e. The van der Waals surface area contributed by atoms with Crippen molar-refractivity contribution in [3.63, 3.8) is 0 Å². The van der Waals surface area contributed by atoms with Crippen LogP contribution in [0.5, 0.6) is 0 Å². The Morgan fingerprint density at radius 1 is 0.822 bits per heavy atom. The van der Waals surface area contributed by atoms with Crippen molar-refractivity contribution in [2.75, 3.05) is 6.61 Å². The van der Waals surface area contributed by atoms with Gasteiger partial charge in [0.15, 0.2) is 0 Å². The number of ether oxygens (including phenoxy) is 3. The monoisotopic (exact) mass is 616 g/mol. The molecule has 2 aromatic rings. The molecule has 0 amide bonds. The molecule has 0 N–H and O–H groups in total. The molecule has 5 atom stereocenters. The molecule has 0 heterocycles. The van der Waals surface area contributed by atoms with Crippen molar-refractivity contribution in [3.8, 4) is 0 Å². The maximum Gasteiger partial charge on any atom is 0.121 e. The van der Waals surface area contributed by atoms with Crippen molar-refractivity contribution >= 4 is 11.1 Å². The highest BCUT2D eigenvalue weighted by molar-refractivity contribution is 5.63. The molecule has 4 rings (SSSR count). The van der Waals surface area contributed by atoms with E-state index in [1.54, 1.807) is 0 Å². The molecule has 250 valence electrons. The average molecular weight is 617 g/mol. The Bertz CT molecular complexity index is 1160. The van der Waals surface area contributed by atoms with E-state index in [-0.39, 0.29) is 6.10 Å². The fourth-order valence-electron chi connectivity index (χ4n) is 6.99. The third-order valence-electron chi connectivity index (χ3n) is 10.0. The van der Waals surface area contributed by atoms with Gasteiger partial charge >= 0.3 is 0 Å². The average Bonchev–Trinajstić information content (AvgIpc) is 3.03. The van der Waals surface area contributed by atoms with Gasteiger partial charge in [0.2, 0.25) is 0 Å². The van der Waals surface area contributed by atoms with Gasteiger partial charge < -0.3 is 14.2 Å². The molecule has 2 saturated carbocycles. The summed E-state index contributed by atoms with van der Waals surface area (Å²) in [5.74, 6) is 1.35. The van der Waals surface area contributed by atoms with Crippen molar-refractivity contribution in [3.05, 3.63) is 84.3 Å². The highest BCUT2D eigenvalue weighted by Crippen LogP contribution is 2.41. The Kier molecular flexibility index (Phi) is 14.8. The molecule has 0 saturated heterocycles. The van der Waals surface area contributed by atoms with E-state index in [4.69, 9.17) is 14.2 Å². The molecule has 3 heteroatoms. The molecule has 0 spiro atoms. The summed E-state index contributed by atoms with van der Waals surface area (Å²) in [7, 11) is 0. The first-order chi connectivity index (χ1) is 21.4. The van der Waals surface area contributed by atoms with Crippen LogP contribution >= 0.6 is 0 Å². The summed E-state index contributed by atoms with van der Waals surface area (Å²) < 4.78 is 18.4. The number of rotatable bonds is 11. The van der Waals surface area contributed by atoms with Crippen LogP contribution in [0, 0.1) is 22.7 Å². The van der Waals surface area contributed by atoms with E-state index < -0.39 is 0 Å². The molecule has 0 bridgehead atoms. The van der Waals surface area contributed by atoms with Crippen LogP contribution in [0.4, 0.5) is 0 Å². The summed E-state index contributed by atoms with van der Waals surface area (Å²) in [4.78, 5) is 0. The SMILES string of the molecule is CC(=COC(C)C1CCCC(C)(C)C1)c1ccccc1.CCC(COC1CCCCC1C(C)(C)C)OC=C(C)c1ccccc1. The molecule has 2 fully saturated rings. The van der Waals surface area contributed by atoms with Crippen LogP contribution in [-0.4, -0.2) is 24.9 Å². The Hall–Kier alpha value is -2.52. The predicted octanol–water partition coefficient (Wildman–Crippen LogP) is 12.1. The lowest BCUT2D eigenvalue weighted by molar-refractivity contribution is -0.0776. The smallest absolute Gasteiger partial charge is 0.121 e. The summed E-state index contributed by atoms with van der Waals surface area (Å²) in [6, 6.07) is 20.8. The maximum atomic E-state index is 6.36. The summed E-state index contributed by atoms with van der Waals surface area (Å²) in [6.45, 7) is 21.1. The molecule has 2 aliphatic rings. The van der Waals surface area contributed by atoms with Crippen molar-refractivity contribution in [1.82, 2.24) is 0 Å². The quantitative estimate of drug-likeness (QED) is 0.235. The summed E-state index contributed by atoms with van der Waals surface area (Å²) in [5.41, 5.74) is 5.61. The van der Waals surface area contributed by atoms with Gasteiger partial charge in [0, 0.05) is 0 Å². The van der Waals surface area contributed by atoms with E-state index in [0.717, 1.165) is 12.0 Å². The van der Waals surface area contributed by atoms with E-state index in [0.29, 0.717) is 41.5 Å². The first-order valence-electron chi connectivity index (χ1n) is 17.8. The molecule has 2 aliphatic carbocycles. The minimum atomic E-state index is 0.126. The Balaban J connectivity index is 0.000000251. The Morgan fingerprint density at radius 3 is 1.91 bits per heavy atom. The standard InChI is InChI=1S/C23H36O2.C19H28O/c1-6-20(24-16-18(2)19-12-8-7-9-13-19)17-25-22-15-11-10-14-21(22)23(3,4)5;1-15(17-9-6-5-7-10-17)14-20-16(2)18-11-8-12-19(3,4)13-18/h7-9,12-13,16,20-22H,6,10-11,14-15,17H2,1-5H3;5-7,9-10,14,16,18H,8,11-13H2,1-4H3. The lowest BCUT2D eigenvalue weighted by atomic mass is 9.70. The molecule has 0 aromatic heterocycles.